The van der Waals surface area contributed by atoms with E-state index in [2.05, 4.69) is 15.8 Å². The van der Waals surface area contributed by atoms with Crippen molar-refractivity contribution in [3.63, 3.8) is 0 Å². The molecule has 0 aliphatic heterocycles. The van der Waals surface area contributed by atoms with Crippen molar-refractivity contribution >= 4 is 34.4 Å². The van der Waals surface area contributed by atoms with Gasteiger partial charge in [0.05, 0.1) is 10.6 Å². The largest absolute Gasteiger partial charge is 0.331 e. The molecule has 0 bridgehead atoms. The first-order valence-corrected chi connectivity index (χ1v) is 7.30. The summed E-state index contributed by atoms with van der Waals surface area (Å²) < 4.78 is 0. The summed E-state index contributed by atoms with van der Waals surface area (Å²) in [6.07, 6.45) is 0. The minimum Gasteiger partial charge on any atom is -0.331 e. The van der Waals surface area contributed by atoms with Crippen molar-refractivity contribution in [1.29, 1.82) is 0 Å². The standard InChI is InChI=1S/C16H16N4O2S/c1-11-5-3-4-6-15(11)17-16(23)19-18-12(2)13-7-9-14(10-8-13)20(21)22/h3-10H,1-2H3,(H2,17,19,23)/b18-12-. The molecule has 0 unspecified atom stereocenters. The van der Waals surface area contributed by atoms with E-state index in [0.717, 1.165) is 16.8 Å². The number of non-ortho nitro benzene ring substituents is 1. The monoisotopic (exact) mass is 328 g/mol. The second-order valence-electron chi connectivity index (χ2n) is 4.88. The van der Waals surface area contributed by atoms with Crippen LogP contribution in [0, 0.1) is 17.0 Å². The Morgan fingerprint density at radius 3 is 2.43 bits per heavy atom. The lowest BCUT2D eigenvalue weighted by Crippen LogP contribution is -2.25. The molecule has 0 saturated carbocycles. The molecule has 0 aliphatic rings. The van der Waals surface area contributed by atoms with E-state index in [1.165, 1.54) is 12.1 Å². The van der Waals surface area contributed by atoms with Gasteiger partial charge in [-0.15, -0.1) is 0 Å². The molecule has 6 nitrogen and oxygen atoms in total. The Balaban J connectivity index is 2.00. The van der Waals surface area contributed by atoms with Crippen LogP contribution >= 0.6 is 12.2 Å². The van der Waals surface area contributed by atoms with E-state index in [0.29, 0.717) is 10.8 Å². The highest BCUT2D eigenvalue weighted by atomic mass is 32.1. The van der Waals surface area contributed by atoms with Crippen LogP contribution in [0.25, 0.3) is 0 Å². The summed E-state index contributed by atoms with van der Waals surface area (Å²) >= 11 is 5.20. The number of nitrogens with zero attached hydrogens (tertiary/aromatic N) is 2. The van der Waals surface area contributed by atoms with Crippen molar-refractivity contribution in [2.45, 2.75) is 13.8 Å². The Hall–Kier alpha value is -2.80. The quantitative estimate of drug-likeness (QED) is 0.388. The van der Waals surface area contributed by atoms with Gasteiger partial charge in [0.15, 0.2) is 5.11 Å². The van der Waals surface area contributed by atoms with Crippen molar-refractivity contribution in [2.24, 2.45) is 5.10 Å². The van der Waals surface area contributed by atoms with Crippen LogP contribution in [0.1, 0.15) is 18.1 Å². The minimum absolute atomic E-state index is 0.0475. The van der Waals surface area contributed by atoms with Crippen LogP contribution in [-0.4, -0.2) is 15.7 Å². The third-order valence-electron chi connectivity index (χ3n) is 3.21. The molecule has 0 spiro atoms. The summed E-state index contributed by atoms with van der Waals surface area (Å²) in [5.74, 6) is 0. The molecule has 7 heteroatoms. The number of nitro groups is 1. The normalized spacial score (nSPS) is 11.0. The maximum absolute atomic E-state index is 10.6. The van der Waals surface area contributed by atoms with Crippen molar-refractivity contribution in [1.82, 2.24) is 5.43 Å². The van der Waals surface area contributed by atoms with E-state index in [9.17, 15) is 10.1 Å². The van der Waals surface area contributed by atoms with Gasteiger partial charge in [0, 0.05) is 17.8 Å². The topological polar surface area (TPSA) is 79.6 Å². The van der Waals surface area contributed by atoms with Gasteiger partial charge in [-0.2, -0.15) is 5.10 Å². The number of anilines is 1. The van der Waals surface area contributed by atoms with Crippen molar-refractivity contribution in [2.75, 3.05) is 5.32 Å². The summed E-state index contributed by atoms with van der Waals surface area (Å²) in [7, 11) is 0. The van der Waals surface area contributed by atoms with Gasteiger partial charge in [-0.25, -0.2) is 0 Å². The fraction of sp³-hybridized carbons (Fsp3) is 0.125. The number of benzene rings is 2. The summed E-state index contributed by atoms with van der Waals surface area (Å²) in [6.45, 7) is 3.78. The molecule has 2 aromatic carbocycles. The average Bonchev–Trinajstić information content (AvgIpc) is 2.55. The molecule has 0 radical (unpaired) electrons. The number of thiocarbonyl (C=S) groups is 1. The van der Waals surface area contributed by atoms with E-state index in [1.807, 2.05) is 31.2 Å². The van der Waals surface area contributed by atoms with Crippen molar-refractivity contribution in [3.8, 4) is 0 Å². The Labute approximate surface area is 139 Å². The van der Waals surface area contributed by atoms with E-state index in [4.69, 9.17) is 12.2 Å². The summed E-state index contributed by atoms with van der Waals surface area (Å²) in [5, 5.41) is 18.3. The third-order valence-corrected chi connectivity index (χ3v) is 3.41. The molecule has 0 atom stereocenters. The number of nitrogens with one attached hydrogen (secondary N) is 2. The fourth-order valence-electron chi connectivity index (χ4n) is 1.89. The minimum atomic E-state index is -0.435. The maximum Gasteiger partial charge on any atom is 0.269 e. The second-order valence-corrected chi connectivity index (χ2v) is 5.29. The molecule has 0 aromatic heterocycles. The lowest BCUT2D eigenvalue weighted by atomic mass is 10.1. The smallest absolute Gasteiger partial charge is 0.269 e. The van der Waals surface area contributed by atoms with E-state index >= 15 is 0 Å². The molecule has 2 rings (SSSR count). The lowest BCUT2D eigenvalue weighted by Gasteiger charge is -2.10. The highest BCUT2D eigenvalue weighted by Crippen LogP contribution is 2.13. The van der Waals surface area contributed by atoms with Gasteiger partial charge < -0.3 is 5.32 Å². The number of nitro benzene ring substituents is 1. The predicted octanol–water partition coefficient (Wildman–Crippen LogP) is 3.61. The third kappa shape index (κ3) is 4.58. The molecule has 0 heterocycles. The fourth-order valence-corrected chi connectivity index (χ4v) is 2.04. The van der Waals surface area contributed by atoms with Gasteiger partial charge in [-0.05, 0) is 55.4 Å². The number of para-hydroxylation sites is 1. The molecular weight excluding hydrogens is 312 g/mol. The number of hydrazone groups is 1. The molecule has 0 fully saturated rings. The molecule has 2 aromatic rings. The zero-order valence-electron chi connectivity index (χ0n) is 12.7. The van der Waals surface area contributed by atoms with Crippen LogP contribution < -0.4 is 10.7 Å². The zero-order chi connectivity index (χ0) is 16.8. The van der Waals surface area contributed by atoms with Gasteiger partial charge in [0.2, 0.25) is 0 Å². The maximum atomic E-state index is 10.6. The van der Waals surface area contributed by atoms with Gasteiger partial charge in [-0.1, -0.05) is 18.2 Å². The highest BCUT2D eigenvalue weighted by molar-refractivity contribution is 7.80. The van der Waals surface area contributed by atoms with Gasteiger partial charge in [0.25, 0.3) is 5.69 Å². The summed E-state index contributed by atoms with van der Waals surface area (Å²) in [6, 6.07) is 14.0. The average molecular weight is 328 g/mol. The Morgan fingerprint density at radius 1 is 1.17 bits per heavy atom. The molecular formula is C16H16N4O2S. The Morgan fingerprint density at radius 2 is 1.83 bits per heavy atom. The molecule has 23 heavy (non-hydrogen) atoms. The number of hydrogen-bond acceptors (Lipinski definition) is 4. The van der Waals surface area contributed by atoms with Crippen LogP contribution in [0.2, 0.25) is 0 Å². The number of aryl methyl sites for hydroxylation is 1. The van der Waals surface area contributed by atoms with Crippen LogP contribution in [0.3, 0.4) is 0 Å². The first kappa shape index (κ1) is 16.6. The summed E-state index contributed by atoms with van der Waals surface area (Å²) in [5.41, 5.74) is 6.26. The zero-order valence-corrected chi connectivity index (χ0v) is 13.6. The van der Waals surface area contributed by atoms with Crippen molar-refractivity contribution < 1.29 is 4.92 Å². The lowest BCUT2D eigenvalue weighted by molar-refractivity contribution is -0.384. The van der Waals surface area contributed by atoms with Crippen LogP contribution in [-0.2, 0) is 0 Å². The first-order valence-electron chi connectivity index (χ1n) is 6.89. The van der Waals surface area contributed by atoms with E-state index in [1.54, 1.807) is 19.1 Å². The molecule has 0 aliphatic carbocycles. The van der Waals surface area contributed by atoms with E-state index < -0.39 is 4.92 Å². The molecule has 0 amide bonds. The van der Waals surface area contributed by atoms with Gasteiger partial charge >= 0.3 is 0 Å². The van der Waals surface area contributed by atoms with Crippen LogP contribution in [0.15, 0.2) is 53.6 Å². The molecule has 2 N–H and O–H groups in total. The van der Waals surface area contributed by atoms with Crippen molar-refractivity contribution in [3.05, 3.63) is 69.8 Å². The second kappa shape index (κ2) is 7.46. The van der Waals surface area contributed by atoms with E-state index in [-0.39, 0.29) is 5.69 Å². The van der Waals surface area contributed by atoms with Crippen LogP contribution in [0.4, 0.5) is 11.4 Å². The predicted molar refractivity (Wildman–Crippen MR) is 95.8 cm³/mol. The van der Waals surface area contributed by atoms with Crippen LogP contribution in [0.5, 0.6) is 0 Å². The first-order chi connectivity index (χ1) is 11.0. The number of rotatable bonds is 4. The van der Waals surface area contributed by atoms with Gasteiger partial charge in [-0.3, -0.25) is 15.5 Å². The Bertz CT molecular complexity index is 757. The highest BCUT2D eigenvalue weighted by Gasteiger charge is 2.05. The molecule has 118 valence electrons. The Kier molecular flexibility index (Phi) is 5.37. The molecule has 0 saturated heterocycles. The number of hydrogen-bond donors (Lipinski definition) is 2. The van der Waals surface area contributed by atoms with Gasteiger partial charge in [0.1, 0.15) is 0 Å². The SMILES string of the molecule is C/C(=N/NC(=S)Nc1ccccc1C)c1ccc([N+](=O)[O-])cc1. The summed E-state index contributed by atoms with van der Waals surface area (Å²) in [4.78, 5) is 10.2.